The highest BCUT2D eigenvalue weighted by atomic mass is 79.9. The highest BCUT2D eigenvalue weighted by Gasteiger charge is 2.05. The van der Waals surface area contributed by atoms with Crippen LogP contribution in [0.4, 0.5) is 4.39 Å². The number of hydrogen-bond donors (Lipinski definition) is 0. The fourth-order valence-corrected chi connectivity index (χ4v) is 1.38. The van der Waals surface area contributed by atoms with Gasteiger partial charge in [0.1, 0.15) is 5.82 Å². The molecule has 0 aliphatic rings. The summed E-state index contributed by atoms with van der Waals surface area (Å²) in [5.41, 5.74) is 0.421. The lowest BCUT2D eigenvalue weighted by atomic mass is 10.1. The van der Waals surface area contributed by atoms with E-state index in [1.54, 1.807) is 13.0 Å². The SMILES string of the molecule is CCC(=O)c1cc(F)cc(Br)c1. The first-order chi connectivity index (χ1) is 5.63. The van der Waals surface area contributed by atoms with Crippen molar-refractivity contribution in [3.8, 4) is 0 Å². The summed E-state index contributed by atoms with van der Waals surface area (Å²) in [5, 5.41) is 0. The Hall–Kier alpha value is -0.700. The Bertz CT molecular complexity index is 289. The number of halogens is 2. The third-order valence-corrected chi connectivity index (χ3v) is 1.96. The van der Waals surface area contributed by atoms with Crippen molar-refractivity contribution in [1.29, 1.82) is 0 Å². The smallest absolute Gasteiger partial charge is 0.162 e. The Labute approximate surface area is 78.7 Å². The maximum absolute atomic E-state index is 12.7. The minimum Gasteiger partial charge on any atom is -0.294 e. The van der Waals surface area contributed by atoms with Crippen molar-refractivity contribution in [3.05, 3.63) is 34.1 Å². The van der Waals surface area contributed by atoms with Gasteiger partial charge in [0.15, 0.2) is 5.78 Å². The van der Waals surface area contributed by atoms with Crippen LogP contribution in [0.15, 0.2) is 22.7 Å². The van der Waals surface area contributed by atoms with Gasteiger partial charge < -0.3 is 0 Å². The van der Waals surface area contributed by atoms with Crippen molar-refractivity contribution in [2.24, 2.45) is 0 Å². The van der Waals surface area contributed by atoms with Gasteiger partial charge >= 0.3 is 0 Å². The molecule has 0 fully saturated rings. The molecule has 0 saturated heterocycles. The predicted octanol–water partition coefficient (Wildman–Crippen LogP) is 3.18. The van der Waals surface area contributed by atoms with E-state index in [1.165, 1.54) is 12.1 Å². The first-order valence-corrected chi connectivity index (χ1v) is 4.42. The molecule has 0 aromatic heterocycles. The van der Waals surface area contributed by atoms with E-state index in [0.717, 1.165) is 0 Å². The zero-order valence-electron chi connectivity index (χ0n) is 6.60. The van der Waals surface area contributed by atoms with Gasteiger partial charge in [0.25, 0.3) is 0 Å². The van der Waals surface area contributed by atoms with Crippen LogP contribution in [-0.2, 0) is 0 Å². The van der Waals surface area contributed by atoms with Gasteiger partial charge in [-0.2, -0.15) is 0 Å². The monoisotopic (exact) mass is 230 g/mol. The molecule has 64 valence electrons. The van der Waals surface area contributed by atoms with Crippen molar-refractivity contribution < 1.29 is 9.18 Å². The summed E-state index contributed by atoms with van der Waals surface area (Å²) >= 11 is 3.12. The van der Waals surface area contributed by atoms with Gasteiger partial charge in [-0.05, 0) is 18.2 Å². The lowest BCUT2D eigenvalue weighted by Crippen LogP contribution is -1.96. The second kappa shape index (κ2) is 3.81. The Morgan fingerprint density at radius 2 is 2.17 bits per heavy atom. The van der Waals surface area contributed by atoms with E-state index in [2.05, 4.69) is 15.9 Å². The first kappa shape index (κ1) is 9.39. The molecule has 0 amide bonds. The van der Waals surface area contributed by atoms with Gasteiger partial charge in [0.05, 0.1) is 0 Å². The minimum atomic E-state index is -0.388. The Balaban J connectivity index is 3.08. The molecular weight excluding hydrogens is 223 g/mol. The maximum atomic E-state index is 12.7. The number of carbonyl (C=O) groups excluding carboxylic acids is 1. The van der Waals surface area contributed by atoms with Crippen molar-refractivity contribution in [3.63, 3.8) is 0 Å². The third-order valence-electron chi connectivity index (χ3n) is 1.51. The Morgan fingerprint density at radius 3 is 2.67 bits per heavy atom. The number of benzene rings is 1. The average Bonchev–Trinajstić information content (AvgIpc) is 2.01. The molecule has 1 aromatic carbocycles. The molecule has 0 N–H and O–H groups in total. The third kappa shape index (κ3) is 2.14. The molecule has 0 spiro atoms. The largest absolute Gasteiger partial charge is 0.294 e. The lowest BCUT2D eigenvalue weighted by Gasteiger charge is -1.98. The number of hydrogen-bond acceptors (Lipinski definition) is 1. The fraction of sp³-hybridized carbons (Fsp3) is 0.222. The van der Waals surface area contributed by atoms with Gasteiger partial charge in [0, 0.05) is 16.5 Å². The molecule has 0 unspecified atom stereocenters. The quantitative estimate of drug-likeness (QED) is 0.714. The van der Waals surface area contributed by atoms with Crippen molar-refractivity contribution >= 4 is 21.7 Å². The van der Waals surface area contributed by atoms with E-state index >= 15 is 0 Å². The van der Waals surface area contributed by atoms with Crippen LogP contribution in [0.5, 0.6) is 0 Å². The summed E-state index contributed by atoms with van der Waals surface area (Å²) in [7, 11) is 0. The van der Waals surface area contributed by atoms with Gasteiger partial charge in [-0.25, -0.2) is 4.39 Å². The van der Waals surface area contributed by atoms with Crippen LogP contribution >= 0.6 is 15.9 Å². The number of carbonyl (C=O) groups is 1. The minimum absolute atomic E-state index is 0.0461. The second-order valence-corrected chi connectivity index (χ2v) is 3.35. The standard InChI is InChI=1S/C9H8BrFO/c1-2-9(12)6-3-7(10)5-8(11)4-6/h3-5H,2H2,1H3. The van der Waals surface area contributed by atoms with Gasteiger partial charge in [0.2, 0.25) is 0 Å². The van der Waals surface area contributed by atoms with E-state index in [-0.39, 0.29) is 11.6 Å². The highest BCUT2D eigenvalue weighted by molar-refractivity contribution is 9.10. The van der Waals surface area contributed by atoms with Gasteiger partial charge in [-0.1, -0.05) is 22.9 Å². The van der Waals surface area contributed by atoms with Crippen LogP contribution in [0.3, 0.4) is 0 Å². The molecule has 0 atom stereocenters. The van der Waals surface area contributed by atoms with E-state index < -0.39 is 0 Å². The molecule has 1 rings (SSSR count). The predicted molar refractivity (Wildman–Crippen MR) is 48.7 cm³/mol. The summed E-state index contributed by atoms with van der Waals surface area (Å²) in [6.07, 6.45) is 0.399. The Kier molecular flexibility index (Phi) is 2.98. The normalized spacial score (nSPS) is 9.92. The van der Waals surface area contributed by atoms with Gasteiger partial charge in [-0.3, -0.25) is 4.79 Å². The zero-order chi connectivity index (χ0) is 9.14. The topological polar surface area (TPSA) is 17.1 Å². The summed E-state index contributed by atoms with van der Waals surface area (Å²) in [6, 6.07) is 4.19. The van der Waals surface area contributed by atoms with Gasteiger partial charge in [-0.15, -0.1) is 0 Å². The first-order valence-electron chi connectivity index (χ1n) is 3.62. The van der Waals surface area contributed by atoms with E-state index in [9.17, 15) is 9.18 Å². The van der Waals surface area contributed by atoms with E-state index in [4.69, 9.17) is 0 Å². The molecule has 3 heteroatoms. The molecular formula is C9H8BrFO. The van der Waals surface area contributed by atoms with Crippen LogP contribution in [0.2, 0.25) is 0 Å². The molecule has 0 radical (unpaired) electrons. The fourth-order valence-electron chi connectivity index (χ4n) is 0.919. The molecule has 0 saturated carbocycles. The Morgan fingerprint density at radius 1 is 1.50 bits per heavy atom. The van der Waals surface area contributed by atoms with Crippen LogP contribution in [0.25, 0.3) is 0 Å². The molecule has 0 aliphatic heterocycles. The number of ketones is 1. The molecule has 1 aromatic rings. The van der Waals surface area contributed by atoms with Crippen LogP contribution in [-0.4, -0.2) is 5.78 Å². The lowest BCUT2D eigenvalue weighted by molar-refractivity contribution is 0.0987. The summed E-state index contributed by atoms with van der Waals surface area (Å²) in [5.74, 6) is -0.434. The number of rotatable bonds is 2. The molecule has 1 nitrogen and oxygen atoms in total. The highest BCUT2D eigenvalue weighted by Crippen LogP contribution is 2.15. The molecule has 0 aliphatic carbocycles. The van der Waals surface area contributed by atoms with Crippen LogP contribution in [0.1, 0.15) is 23.7 Å². The average molecular weight is 231 g/mol. The van der Waals surface area contributed by atoms with E-state index in [1.807, 2.05) is 0 Å². The van der Waals surface area contributed by atoms with Crippen LogP contribution < -0.4 is 0 Å². The van der Waals surface area contributed by atoms with Crippen LogP contribution in [0, 0.1) is 5.82 Å². The second-order valence-electron chi connectivity index (χ2n) is 2.43. The molecule has 0 heterocycles. The van der Waals surface area contributed by atoms with Crippen molar-refractivity contribution in [2.75, 3.05) is 0 Å². The molecule has 0 bridgehead atoms. The summed E-state index contributed by atoms with van der Waals surface area (Å²) < 4.78 is 13.3. The number of Topliss-reactive ketones (excluding diaryl/α,β-unsaturated/α-hetero) is 1. The zero-order valence-corrected chi connectivity index (χ0v) is 8.19. The summed E-state index contributed by atoms with van der Waals surface area (Å²) in [6.45, 7) is 1.75. The maximum Gasteiger partial charge on any atom is 0.162 e. The van der Waals surface area contributed by atoms with Crippen molar-refractivity contribution in [2.45, 2.75) is 13.3 Å². The van der Waals surface area contributed by atoms with Crippen molar-refractivity contribution in [1.82, 2.24) is 0 Å². The van der Waals surface area contributed by atoms with E-state index in [0.29, 0.717) is 16.5 Å². The molecule has 12 heavy (non-hydrogen) atoms. The summed E-state index contributed by atoms with van der Waals surface area (Å²) in [4.78, 5) is 11.1.